The SMILES string of the molecule is CCNC(=NCC1(CCOCC)CCC1)NCC. The fourth-order valence-electron chi connectivity index (χ4n) is 2.35. The molecule has 1 rings (SSSR count). The van der Waals surface area contributed by atoms with Crippen LogP contribution < -0.4 is 10.6 Å². The first kappa shape index (κ1) is 15.3. The molecule has 4 heteroatoms. The fourth-order valence-corrected chi connectivity index (χ4v) is 2.35. The van der Waals surface area contributed by atoms with E-state index in [0.29, 0.717) is 5.41 Å². The Morgan fingerprint density at radius 3 is 2.28 bits per heavy atom. The minimum absolute atomic E-state index is 0.408. The van der Waals surface area contributed by atoms with E-state index in [1.807, 2.05) is 0 Å². The Bertz CT molecular complexity index is 241. The van der Waals surface area contributed by atoms with E-state index in [4.69, 9.17) is 9.73 Å². The zero-order chi connectivity index (χ0) is 13.3. The third kappa shape index (κ3) is 4.84. The molecule has 4 nitrogen and oxygen atoms in total. The Kier molecular flexibility index (Phi) is 7.09. The Morgan fingerprint density at radius 2 is 1.83 bits per heavy atom. The maximum Gasteiger partial charge on any atom is 0.191 e. The lowest BCUT2D eigenvalue weighted by molar-refractivity contribution is 0.0609. The largest absolute Gasteiger partial charge is 0.382 e. The fraction of sp³-hybridized carbons (Fsp3) is 0.929. The summed E-state index contributed by atoms with van der Waals surface area (Å²) in [7, 11) is 0. The van der Waals surface area contributed by atoms with E-state index in [1.54, 1.807) is 0 Å². The summed E-state index contributed by atoms with van der Waals surface area (Å²) in [5, 5.41) is 6.56. The average molecular weight is 255 g/mol. The van der Waals surface area contributed by atoms with Crippen LogP contribution in [0.25, 0.3) is 0 Å². The van der Waals surface area contributed by atoms with Gasteiger partial charge in [-0.05, 0) is 45.4 Å². The summed E-state index contributed by atoms with van der Waals surface area (Å²) in [6, 6.07) is 0. The van der Waals surface area contributed by atoms with Gasteiger partial charge in [0, 0.05) is 32.8 Å². The lowest BCUT2D eigenvalue weighted by Crippen LogP contribution is -2.40. The molecule has 1 aliphatic carbocycles. The van der Waals surface area contributed by atoms with Crippen LogP contribution in [0.5, 0.6) is 0 Å². The van der Waals surface area contributed by atoms with Gasteiger partial charge >= 0.3 is 0 Å². The minimum Gasteiger partial charge on any atom is -0.382 e. The second-order valence-electron chi connectivity index (χ2n) is 5.03. The van der Waals surface area contributed by atoms with Crippen LogP contribution in [0.1, 0.15) is 46.5 Å². The van der Waals surface area contributed by atoms with Gasteiger partial charge in [0.25, 0.3) is 0 Å². The van der Waals surface area contributed by atoms with Crippen LogP contribution in [0, 0.1) is 5.41 Å². The highest BCUT2D eigenvalue weighted by atomic mass is 16.5. The summed E-state index contributed by atoms with van der Waals surface area (Å²) in [5.41, 5.74) is 0.408. The molecule has 0 saturated heterocycles. The molecule has 1 aliphatic rings. The zero-order valence-electron chi connectivity index (χ0n) is 12.2. The van der Waals surface area contributed by atoms with Crippen molar-refractivity contribution in [1.29, 1.82) is 0 Å². The lowest BCUT2D eigenvalue weighted by Gasteiger charge is -2.41. The highest BCUT2D eigenvalue weighted by Gasteiger charge is 2.36. The van der Waals surface area contributed by atoms with Crippen molar-refractivity contribution in [2.75, 3.05) is 32.8 Å². The molecule has 2 N–H and O–H groups in total. The lowest BCUT2D eigenvalue weighted by atomic mass is 9.67. The van der Waals surface area contributed by atoms with Crippen molar-refractivity contribution < 1.29 is 4.74 Å². The van der Waals surface area contributed by atoms with E-state index < -0.39 is 0 Å². The molecule has 18 heavy (non-hydrogen) atoms. The molecule has 0 unspecified atom stereocenters. The number of nitrogens with zero attached hydrogens (tertiary/aromatic N) is 1. The monoisotopic (exact) mass is 255 g/mol. The van der Waals surface area contributed by atoms with Crippen LogP contribution >= 0.6 is 0 Å². The first-order valence-corrected chi connectivity index (χ1v) is 7.36. The standard InChI is InChI=1S/C14H29N3O/c1-4-15-13(16-5-2)17-12-14(8-7-9-14)10-11-18-6-3/h4-12H2,1-3H3,(H2,15,16,17). The predicted octanol–water partition coefficient (Wildman–Crippen LogP) is 2.16. The quantitative estimate of drug-likeness (QED) is 0.397. The average Bonchev–Trinajstić information content (AvgIpc) is 2.32. The number of ether oxygens (including phenoxy) is 1. The second-order valence-corrected chi connectivity index (χ2v) is 5.03. The van der Waals surface area contributed by atoms with Crippen LogP contribution in [-0.4, -0.2) is 38.8 Å². The van der Waals surface area contributed by atoms with Gasteiger partial charge in [0.15, 0.2) is 5.96 Å². The van der Waals surface area contributed by atoms with Crippen molar-refractivity contribution >= 4 is 5.96 Å². The molecule has 0 radical (unpaired) electrons. The number of hydrogen-bond donors (Lipinski definition) is 2. The molecule has 1 fully saturated rings. The molecular formula is C14H29N3O. The maximum atomic E-state index is 5.49. The predicted molar refractivity (Wildman–Crippen MR) is 77.0 cm³/mol. The van der Waals surface area contributed by atoms with Crippen LogP contribution in [0.4, 0.5) is 0 Å². The molecule has 0 atom stereocenters. The van der Waals surface area contributed by atoms with Gasteiger partial charge in [-0.25, -0.2) is 0 Å². The number of aliphatic imine (C=N–C) groups is 1. The second kappa shape index (κ2) is 8.35. The van der Waals surface area contributed by atoms with Gasteiger partial charge in [0.05, 0.1) is 0 Å². The third-order valence-electron chi connectivity index (χ3n) is 3.66. The Hall–Kier alpha value is -0.770. The summed E-state index contributed by atoms with van der Waals surface area (Å²) in [6.45, 7) is 10.7. The van der Waals surface area contributed by atoms with Crippen LogP contribution in [0.2, 0.25) is 0 Å². The smallest absolute Gasteiger partial charge is 0.191 e. The van der Waals surface area contributed by atoms with Crippen LogP contribution in [0.3, 0.4) is 0 Å². The Balaban J connectivity index is 2.42. The molecule has 1 saturated carbocycles. The van der Waals surface area contributed by atoms with Crippen LogP contribution in [-0.2, 0) is 4.74 Å². The van der Waals surface area contributed by atoms with E-state index in [9.17, 15) is 0 Å². The molecule has 0 amide bonds. The van der Waals surface area contributed by atoms with E-state index in [2.05, 4.69) is 31.4 Å². The van der Waals surface area contributed by atoms with Crippen molar-refractivity contribution in [3.63, 3.8) is 0 Å². The number of guanidine groups is 1. The van der Waals surface area contributed by atoms with E-state index in [-0.39, 0.29) is 0 Å². The Labute approximate surface area is 112 Å². The number of hydrogen-bond acceptors (Lipinski definition) is 2. The summed E-state index contributed by atoms with van der Waals surface area (Å²) in [6.07, 6.45) is 5.10. The molecule has 0 aromatic heterocycles. The minimum atomic E-state index is 0.408. The number of nitrogens with one attached hydrogen (secondary N) is 2. The topological polar surface area (TPSA) is 45.7 Å². The summed E-state index contributed by atoms with van der Waals surface area (Å²) >= 11 is 0. The third-order valence-corrected chi connectivity index (χ3v) is 3.66. The normalized spacial score (nSPS) is 16.8. The van der Waals surface area contributed by atoms with Crippen molar-refractivity contribution in [1.82, 2.24) is 10.6 Å². The highest BCUT2D eigenvalue weighted by Crippen LogP contribution is 2.44. The van der Waals surface area contributed by atoms with Gasteiger partial charge in [0.2, 0.25) is 0 Å². The molecule has 0 aromatic carbocycles. The van der Waals surface area contributed by atoms with Gasteiger partial charge in [-0.3, -0.25) is 4.99 Å². The summed E-state index contributed by atoms with van der Waals surface area (Å²) in [4.78, 5) is 4.71. The van der Waals surface area contributed by atoms with Crippen molar-refractivity contribution in [2.45, 2.75) is 46.5 Å². The van der Waals surface area contributed by atoms with Crippen molar-refractivity contribution in [3.8, 4) is 0 Å². The van der Waals surface area contributed by atoms with Gasteiger partial charge in [-0.1, -0.05) is 6.42 Å². The first-order chi connectivity index (χ1) is 8.76. The van der Waals surface area contributed by atoms with E-state index in [1.165, 1.54) is 19.3 Å². The maximum absolute atomic E-state index is 5.49. The van der Waals surface area contributed by atoms with Gasteiger partial charge in [-0.2, -0.15) is 0 Å². The van der Waals surface area contributed by atoms with Gasteiger partial charge in [0.1, 0.15) is 0 Å². The zero-order valence-corrected chi connectivity index (χ0v) is 12.2. The first-order valence-electron chi connectivity index (χ1n) is 7.36. The van der Waals surface area contributed by atoms with Crippen molar-refractivity contribution in [3.05, 3.63) is 0 Å². The molecular weight excluding hydrogens is 226 g/mol. The molecule has 0 aliphatic heterocycles. The summed E-state index contributed by atoms with van der Waals surface area (Å²) in [5.74, 6) is 0.947. The van der Waals surface area contributed by atoms with Gasteiger partial charge < -0.3 is 15.4 Å². The van der Waals surface area contributed by atoms with E-state index in [0.717, 1.165) is 45.2 Å². The van der Waals surface area contributed by atoms with E-state index >= 15 is 0 Å². The van der Waals surface area contributed by atoms with Crippen LogP contribution in [0.15, 0.2) is 4.99 Å². The van der Waals surface area contributed by atoms with Gasteiger partial charge in [-0.15, -0.1) is 0 Å². The Morgan fingerprint density at radius 1 is 1.17 bits per heavy atom. The molecule has 106 valence electrons. The summed E-state index contributed by atoms with van der Waals surface area (Å²) < 4.78 is 5.49. The highest BCUT2D eigenvalue weighted by molar-refractivity contribution is 5.79. The molecule has 0 aromatic rings. The molecule has 0 bridgehead atoms. The van der Waals surface area contributed by atoms with Crippen molar-refractivity contribution in [2.24, 2.45) is 10.4 Å². The molecule has 0 spiro atoms. The molecule has 0 heterocycles. The number of rotatable bonds is 8.